The van der Waals surface area contributed by atoms with Crippen LogP contribution in [0.25, 0.3) is 0 Å². The Labute approximate surface area is 135 Å². The third kappa shape index (κ3) is 4.21. The second kappa shape index (κ2) is 7.43. The number of carbonyl (C=O) groups excluding carboxylic acids is 1. The van der Waals surface area contributed by atoms with Crippen molar-refractivity contribution in [3.63, 3.8) is 0 Å². The van der Waals surface area contributed by atoms with Crippen LogP contribution in [0.15, 0.2) is 28.7 Å². The third-order valence-electron chi connectivity index (χ3n) is 3.87. The second-order valence-electron chi connectivity index (χ2n) is 5.43. The zero-order valence-corrected chi connectivity index (χ0v) is 14.2. The molecule has 0 heterocycles. The van der Waals surface area contributed by atoms with E-state index in [1.54, 1.807) is 0 Å². The fraction of sp³-hybridized carbons (Fsp3) is 0.533. The van der Waals surface area contributed by atoms with Gasteiger partial charge in [-0.15, -0.1) is 12.4 Å². The number of hydrogen-bond donors (Lipinski definition) is 1. The third-order valence-corrected chi connectivity index (χ3v) is 4.40. The van der Waals surface area contributed by atoms with Crippen LogP contribution in [0.4, 0.5) is 0 Å². The van der Waals surface area contributed by atoms with E-state index in [0.29, 0.717) is 13.0 Å². The highest BCUT2D eigenvalue weighted by atomic mass is 79.9. The summed E-state index contributed by atoms with van der Waals surface area (Å²) >= 11 is 3.46. The molecule has 0 aliphatic heterocycles. The van der Waals surface area contributed by atoms with Gasteiger partial charge in [-0.1, -0.05) is 28.1 Å². The number of halogens is 2. The fourth-order valence-electron chi connectivity index (χ4n) is 2.48. The first-order valence-corrected chi connectivity index (χ1v) is 7.57. The van der Waals surface area contributed by atoms with Gasteiger partial charge in [0.1, 0.15) is 0 Å². The number of nitrogens with zero attached hydrogens (tertiary/aromatic N) is 1. The van der Waals surface area contributed by atoms with Crippen LogP contribution in [0.1, 0.15) is 31.2 Å². The topological polar surface area (TPSA) is 46.3 Å². The molecular formula is C15H22BrClN2O. The van der Waals surface area contributed by atoms with E-state index >= 15 is 0 Å². The van der Waals surface area contributed by atoms with Gasteiger partial charge in [0.2, 0.25) is 5.91 Å². The molecular weight excluding hydrogens is 340 g/mol. The second-order valence-corrected chi connectivity index (χ2v) is 6.34. The molecule has 0 saturated heterocycles. The molecule has 0 unspecified atom stereocenters. The number of hydrogen-bond acceptors (Lipinski definition) is 2. The molecule has 0 bridgehead atoms. The van der Waals surface area contributed by atoms with Gasteiger partial charge < -0.3 is 10.6 Å². The van der Waals surface area contributed by atoms with Crippen LogP contribution in [0, 0.1) is 0 Å². The number of benzene rings is 1. The normalized spacial score (nSPS) is 15.3. The van der Waals surface area contributed by atoms with Gasteiger partial charge in [-0.3, -0.25) is 4.79 Å². The summed E-state index contributed by atoms with van der Waals surface area (Å²) in [7, 11) is 1.90. The van der Waals surface area contributed by atoms with Crippen molar-refractivity contribution in [3.05, 3.63) is 34.3 Å². The average molecular weight is 362 g/mol. The van der Waals surface area contributed by atoms with Crippen LogP contribution in [0.2, 0.25) is 0 Å². The van der Waals surface area contributed by atoms with E-state index in [9.17, 15) is 4.79 Å². The summed E-state index contributed by atoms with van der Waals surface area (Å²) in [5, 5.41) is 0. The Morgan fingerprint density at radius 1 is 1.35 bits per heavy atom. The van der Waals surface area contributed by atoms with E-state index in [-0.39, 0.29) is 23.7 Å². The molecule has 1 aromatic rings. The first kappa shape index (κ1) is 17.5. The molecule has 2 N–H and O–H groups in total. The van der Waals surface area contributed by atoms with Gasteiger partial charge in [-0.25, -0.2) is 0 Å². The van der Waals surface area contributed by atoms with Crippen molar-refractivity contribution in [2.75, 3.05) is 20.1 Å². The monoisotopic (exact) mass is 360 g/mol. The van der Waals surface area contributed by atoms with E-state index in [2.05, 4.69) is 40.2 Å². The molecule has 2 rings (SSSR count). The lowest BCUT2D eigenvalue weighted by molar-refractivity contribution is -0.130. The Morgan fingerprint density at radius 3 is 2.45 bits per heavy atom. The minimum atomic E-state index is 0. The largest absolute Gasteiger partial charge is 0.345 e. The van der Waals surface area contributed by atoms with Gasteiger partial charge in [0.05, 0.1) is 0 Å². The van der Waals surface area contributed by atoms with Crippen LogP contribution in [0.3, 0.4) is 0 Å². The van der Waals surface area contributed by atoms with E-state index < -0.39 is 0 Å². The standard InChI is InChI=1S/C15H21BrN2O.ClH/c1-18(14(19)3-2-10-17)11-15(8-9-15)12-4-6-13(16)7-5-12;/h4-7H,2-3,8-11,17H2,1H3;1H. The Bertz CT molecular complexity index is 446. The maximum atomic E-state index is 12.0. The van der Waals surface area contributed by atoms with Gasteiger partial charge in [0.25, 0.3) is 0 Å². The highest BCUT2D eigenvalue weighted by molar-refractivity contribution is 9.10. The number of nitrogens with two attached hydrogens (primary N) is 1. The molecule has 1 aromatic carbocycles. The Morgan fingerprint density at radius 2 is 1.95 bits per heavy atom. The maximum Gasteiger partial charge on any atom is 0.222 e. The molecule has 5 heteroatoms. The highest BCUT2D eigenvalue weighted by Crippen LogP contribution is 2.48. The Balaban J connectivity index is 0.00000200. The first-order chi connectivity index (χ1) is 9.07. The molecule has 20 heavy (non-hydrogen) atoms. The zero-order valence-electron chi connectivity index (χ0n) is 11.8. The molecule has 3 nitrogen and oxygen atoms in total. The summed E-state index contributed by atoms with van der Waals surface area (Å²) in [4.78, 5) is 13.8. The molecule has 0 spiro atoms. The summed E-state index contributed by atoms with van der Waals surface area (Å²) < 4.78 is 1.10. The van der Waals surface area contributed by atoms with E-state index in [1.807, 2.05) is 11.9 Å². The van der Waals surface area contributed by atoms with Crippen molar-refractivity contribution in [1.82, 2.24) is 4.90 Å². The number of carbonyl (C=O) groups is 1. The lowest BCUT2D eigenvalue weighted by atomic mass is 9.95. The van der Waals surface area contributed by atoms with Crippen molar-refractivity contribution in [2.24, 2.45) is 5.73 Å². The van der Waals surface area contributed by atoms with Crippen LogP contribution >= 0.6 is 28.3 Å². The van der Waals surface area contributed by atoms with E-state index in [4.69, 9.17) is 5.73 Å². The molecule has 1 aliphatic rings. The number of likely N-dealkylation sites (N-methyl/N-ethyl adjacent to an activating group) is 1. The zero-order chi connectivity index (χ0) is 13.9. The predicted molar refractivity (Wildman–Crippen MR) is 88.2 cm³/mol. The van der Waals surface area contributed by atoms with Crippen molar-refractivity contribution in [1.29, 1.82) is 0 Å². The van der Waals surface area contributed by atoms with Gasteiger partial charge >= 0.3 is 0 Å². The van der Waals surface area contributed by atoms with Crippen molar-refractivity contribution in [2.45, 2.75) is 31.1 Å². The SMILES string of the molecule is CN(CC1(c2ccc(Br)cc2)CC1)C(=O)CCCN.Cl. The maximum absolute atomic E-state index is 12.0. The van der Waals surface area contributed by atoms with Crippen LogP contribution in [-0.2, 0) is 10.2 Å². The van der Waals surface area contributed by atoms with Crippen molar-refractivity contribution >= 4 is 34.2 Å². The molecule has 1 amide bonds. The summed E-state index contributed by atoms with van der Waals surface area (Å²) in [5.41, 5.74) is 6.98. The minimum Gasteiger partial charge on any atom is -0.345 e. The smallest absolute Gasteiger partial charge is 0.222 e. The lowest BCUT2D eigenvalue weighted by Crippen LogP contribution is -2.34. The van der Waals surface area contributed by atoms with Gasteiger partial charge in [0.15, 0.2) is 0 Å². The van der Waals surface area contributed by atoms with Crippen molar-refractivity contribution in [3.8, 4) is 0 Å². The molecule has 0 radical (unpaired) electrons. The van der Waals surface area contributed by atoms with Crippen LogP contribution < -0.4 is 5.73 Å². The summed E-state index contributed by atoms with van der Waals surface area (Å²) in [6.45, 7) is 1.40. The van der Waals surface area contributed by atoms with Gasteiger partial charge in [0, 0.05) is 29.9 Å². The summed E-state index contributed by atoms with van der Waals surface area (Å²) in [6.07, 6.45) is 3.67. The van der Waals surface area contributed by atoms with Crippen molar-refractivity contribution < 1.29 is 4.79 Å². The Hall–Kier alpha value is -0.580. The predicted octanol–water partition coefficient (Wildman–Crippen LogP) is 3.10. The van der Waals surface area contributed by atoms with E-state index in [1.165, 1.54) is 18.4 Å². The number of rotatable bonds is 6. The lowest BCUT2D eigenvalue weighted by Gasteiger charge is -2.24. The summed E-state index contributed by atoms with van der Waals surface area (Å²) in [6, 6.07) is 8.47. The highest BCUT2D eigenvalue weighted by Gasteiger charge is 2.45. The van der Waals surface area contributed by atoms with Crippen LogP contribution in [0.5, 0.6) is 0 Å². The molecule has 1 saturated carbocycles. The molecule has 1 fully saturated rings. The fourth-order valence-corrected chi connectivity index (χ4v) is 2.74. The average Bonchev–Trinajstić information content (AvgIpc) is 3.17. The molecule has 1 aliphatic carbocycles. The molecule has 0 aromatic heterocycles. The Kier molecular flexibility index (Phi) is 6.49. The first-order valence-electron chi connectivity index (χ1n) is 6.77. The minimum absolute atomic E-state index is 0. The van der Waals surface area contributed by atoms with Gasteiger partial charge in [-0.05, 0) is 43.5 Å². The summed E-state index contributed by atoms with van der Waals surface area (Å²) in [5.74, 6) is 0.203. The molecule has 112 valence electrons. The van der Waals surface area contributed by atoms with E-state index in [0.717, 1.165) is 17.4 Å². The molecule has 0 atom stereocenters. The van der Waals surface area contributed by atoms with Gasteiger partial charge in [-0.2, -0.15) is 0 Å². The van der Waals surface area contributed by atoms with Crippen LogP contribution in [-0.4, -0.2) is 30.9 Å². The number of amides is 1. The quantitative estimate of drug-likeness (QED) is 0.846.